The fourth-order valence-electron chi connectivity index (χ4n) is 6.98. The Morgan fingerprint density at radius 3 is 2.46 bits per heavy atom. The number of benzene rings is 1. The van der Waals surface area contributed by atoms with Crippen molar-refractivity contribution in [1.29, 1.82) is 0 Å². The van der Waals surface area contributed by atoms with Crippen molar-refractivity contribution in [3.63, 3.8) is 0 Å². The summed E-state index contributed by atoms with van der Waals surface area (Å²) in [6.07, 6.45) is 4.15. The molecule has 2 bridgehead atoms. The second kappa shape index (κ2) is 9.28. The lowest BCUT2D eigenvalue weighted by atomic mass is 9.65. The highest BCUT2D eigenvalue weighted by molar-refractivity contribution is 9.10. The molecule has 8 unspecified atom stereocenters. The molecule has 8 atom stereocenters. The predicted octanol–water partition coefficient (Wildman–Crippen LogP) is 6.40. The van der Waals surface area contributed by atoms with E-state index in [0.717, 1.165) is 24.8 Å². The van der Waals surface area contributed by atoms with Crippen LogP contribution in [0.3, 0.4) is 0 Å². The van der Waals surface area contributed by atoms with Crippen LogP contribution in [0.2, 0.25) is 0 Å². The van der Waals surface area contributed by atoms with E-state index in [9.17, 15) is 15.0 Å². The Morgan fingerprint density at radius 1 is 1.14 bits per heavy atom. The first-order valence-electron chi connectivity index (χ1n) is 12.8. The van der Waals surface area contributed by atoms with Crippen LogP contribution in [0.1, 0.15) is 82.6 Å². The number of hydrogen-bond donors (Lipinski definition) is 2. The van der Waals surface area contributed by atoms with Gasteiger partial charge in [-0.2, -0.15) is 0 Å². The molecule has 2 aliphatic carbocycles. The predicted molar refractivity (Wildman–Crippen MR) is 144 cm³/mol. The molecule has 1 aromatic rings. The van der Waals surface area contributed by atoms with Crippen molar-refractivity contribution in [3.05, 3.63) is 29.3 Å². The zero-order valence-electron chi connectivity index (χ0n) is 21.7. The van der Waals surface area contributed by atoms with Crippen LogP contribution in [-0.4, -0.2) is 49.7 Å². The number of phenols is 1. The summed E-state index contributed by atoms with van der Waals surface area (Å²) >= 11 is 7.50. The Balaban J connectivity index is 1.76. The van der Waals surface area contributed by atoms with Crippen LogP contribution in [0, 0.1) is 23.2 Å². The lowest BCUT2D eigenvalue weighted by molar-refractivity contribution is -0.0737. The molecule has 0 aromatic heterocycles. The number of methoxy groups -OCH3 is 1. The second-order valence-electron chi connectivity index (χ2n) is 12.3. The maximum atomic E-state index is 13.2. The molecule has 1 aromatic carbocycles. The molecule has 5 nitrogen and oxygen atoms in total. The Labute approximate surface area is 226 Å². The minimum absolute atomic E-state index is 0.00104. The average Bonchev–Trinajstić information content (AvgIpc) is 3.56. The molecule has 0 amide bonds. The van der Waals surface area contributed by atoms with Crippen LogP contribution in [0.15, 0.2) is 18.2 Å². The summed E-state index contributed by atoms with van der Waals surface area (Å²) in [5.74, 6) is 1.01. The summed E-state index contributed by atoms with van der Waals surface area (Å²) in [7, 11) is 1.80. The maximum absolute atomic E-state index is 13.2. The zero-order valence-corrected chi connectivity index (χ0v) is 24.9. The Kier molecular flexibility index (Phi) is 7.27. The largest absolute Gasteiger partial charge is 0.508 e. The smallest absolute Gasteiger partial charge is 0.338 e. The quantitative estimate of drug-likeness (QED) is 0.297. The number of carbonyl (C=O) groups excluding carboxylic acids is 1. The molecular weight excluding hydrogens is 576 g/mol. The molecule has 196 valence electrons. The molecule has 2 saturated carbocycles. The van der Waals surface area contributed by atoms with Gasteiger partial charge in [-0.3, -0.25) is 0 Å². The first kappa shape index (κ1) is 27.4. The van der Waals surface area contributed by atoms with Crippen molar-refractivity contribution in [2.45, 2.75) is 99.6 Å². The summed E-state index contributed by atoms with van der Waals surface area (Å²) in [4.78, 5) is 13.1. The molecule has 0 saturated heterocycles. The number of rotatable bonds is 2. The van der Waals surface area contributed by atoms with E-state index in [1.165, 1.54) is 0 Å². The first-order chi connectivity index (χ1) is 16.1. The van der Waals surface area contributed by atoms with Gasteiger partial charge in [0.1, 0.15) is 11.9 Å². The summed E-state index contributed by atoms with van der Waals surface area (Å²) < 4.78 is 11.7. The van der Waals surface area contributed by atoms with Gasteiger partial charge in [0.05, 0.1) is 21.1 Å². The number of ether oxygens (including phenoxy) is 2. The van der Waals surface area contributed by atoms with E-state index >= 15 is 0 Å². The average molecular weight is 616 g/mol. The monoisotopic (exact) mass is 614 g/mol. The molecule has 2 fully saturated rings. The Hall–Kier alpha value is -0.630. The SMILES string of the molecule is COC1(C)C2CC2C2(C)CCC(Br)C(C)(O)CCC(C(C)(C)Br)OC(=O)c3ccc(O)c(c3)CC21. The van der Waals surface area contributed by atoms with E-state index in [4.69, 9.17) is 9.47 Å². The summed E-state index contributed by atoms with van der Waals surface area (Å²) in [6, 6.07) is 5.03. The standard InChI is InChI=1S/C28H40Br2O5/c1-25(2,30)23-10-12-27(4,33)22(29)9-11-26(3)18-15-19(18)28(5,34-6)21(26)14-17-13-16(24(32)35-23)7-8-20(17)31/h7-8,13,18-19,21-23,31,33H,9-12,14-15H2,1-6H3. The number of cyclic esters (lactones) is 1. The van der Waals surface area contributed by atoms with Gasteiger partial charge in [-0.1, -0.05) is 38.8 Å². The van der Waals surface area contributed by atoms with Crippen LogP contribution in [0.25, 0.3) is 0 Å². The summed E-state index contributed by atoms with van der Waals surface area (Å²) in [5, 5.41) is 22.2. The Bertz CT molecular complexity index is 973. The molecule has 35 heavy (non-hydrogen) atoms. The molecule has 7 heteroatoms. The van der Waals surface area contributed by atoms with E-state index < -0.39 is 22.0 Å². The van der Waals surface area contributed by atoms with Gasteiger partial charge >= 0.3 is 5.97 Å². The van der Waals surface area contributed by atoms with E-state index in [-0.39, 0.29) is 27.5 Å². The van der Waals surface area contributed by atoms with Crippen LogP contribution in [0.5, 0.6) is 5.75 Å². The molecule has 4 rings (SSSR count). The van der Waals surface area contributed by atoms with E-state index in [1.807, 2.05) is 20.8 Å². The highest BCUT2D eigenvalue weighted by atomic mass is 79.9. The number of fused-ring (bicyclic) bond motifs is 5. The lowest BCUT2D eigenvalue weighted by Crippen LogP contribution is -2.45. The summed E-state index contributed by atoms with van der Waals surface area (Å²) in [6.45, 7) is 10.4. The van der Waals surface area contributed by atoms with Gasteiger partial charge in [0.25, 0.3) is 0 Å². The van der Waals surface area contributed by atoms with Crippen molar-refractivity contribution in [2.24, 2.45) is 23.2 Å². The van der Waals surface area contributed by atoms with Gasteiger partial charge in [0.15, 0.2) is 0 Å². The van der Waals surface area contributed by atoms with Gasteiger partial charge in [-0.15, -0.1) is 0 Å². The second-order valence-corrected chi connectivity index (χ2v) is 15.5. The number of aliphatic hydroxyl groups is 1. The molecular formula is C28H40Br2O5. The van der Waals surface area contributed by atoms with Crippen LogP contribution in [-0.2, 0) is 15.9 Å². The summed E-state index contributed by atoms with van der Waals surface area (Å²) in [5.41, 5.74) is -0.0559. The van der Waals surface area contributed by atoms with Crippen LogP contribution < -0.4 is 0 Å². The number of aromatic hydroxyl groups is 1. The molecule has 1 heterocycles. The van der Waals surface area contributed by atoms with E-state index in [1.54, 1.807) is 25.3 Å². The van der Waals surface area contributed by atoms with Crippen LogP contribution >= 0.6 is 31.9 Å². The third kappa shape index (κ3) is 4.96. The molecule has 2 N–H and O–H groups in total. The first-order valence-corrected chi connectivity index (χ1v) is 14.5. The molecule has 0 radical (unpaired) electrons. The van der Waals surface area contributed by atoms with Gasteiger partial charge in [0.2, 0.25) is 0 Å². The van der Waals surface area contributed by atoms with Crippen molar-refractivity contribution in [1.82, 2.24) is 0 Å². The minimum Gasteiger partial charge on any atom is -0.508 e. The zero-order chi connectivity index (χ0) is 26.0. The number of alkyl halides is 2. The van der Waals surface area contributed by atoms with E-state index in [0.29, 0.717) is 36.7 Å². The van der Waals surface area contributed by atoms with Gasteiger partial charge in [-0.05, 0) is 113 Å². The van der Waals surface area contributed by atoms with Gasteiger partial charge in [0, 0.05) is 11.9 Å². The fraction of sp³-hybridized carbons (Fsp3) is 0.750. The minimum atomic E-state index is -0.947. The van der Waals surface area contributed by atoms with Crippen LogP contribution in [0.4, 0.5) is 0 Å². The highest BCUT2D eigenvalue weighted by Crippen LogP contribution is 2.72. The molecule has 1 aliphatic heterocycles. The normalized spacial score (nSPS) is 42.3. The van der Waals surface area contributed by atoms with E-state index in [2.05, 4.69) is 45.7 Å². The van der Waals surface area contributed by atoms with Gasteiger partial charge in [-0.25, -0.2) is 4.79 Å². The van der Waals surface area contributed by atoms with Gasteiger partial charge < -0.3 is 19.7 Å². The van der Waals surface area contributed by atoms with Crippen molar-refractivity contribution in [3.8, 4) is 5.75 Å². The number of esters is 1. The van der Waals surface area contributed by atoms with Crippen molar-refractivity contribution in [2.75, 3.05) is 7.11 Å². The molecule has 3 aliphatic rings. The molecule has 0 spiro atoms. The number of halogens is 2. The fourth-order valence-corrected chi connectivity index (χ4v) is 7.76. The lowest BCUT2D eigenvalue weighted by Gasteiger charge is -2.43. The topological polar surface area (TPSA) is 76.0 Å². The number of carbonyl (C=O) groups is 1. The number of phenolic OH excluding ortho intramolecular Hbond substituents is 1. The van der Waals surface area contributed by atoms with Crippen molar-refractivity contribution < 1.29 is 24.5 Å². The van der Waals surface area contributed by atoms with Crippen molar-refractivity contribution >= 4 is 37.8 Å². The third-order valence-corrected chi connectivity index (χ3v) is 11.5. The number of hydrogen-bond acceptors (Lipinski definition) is 5. The third-order valence-electron chi connectivity index (χ3n) is 9.58. The Morgan fingerprint density at radius 2 is 1.83 bits per heavy atom. The highest BCUT2D eigenvalue weighted by Gasteiger charge is 2.71. The maximum Gasteiger partial charge on any atom is 0.338 e.